The van der Waals surface area contributed by atoms with Crippen LogP contribution in [-0.2, 0) is 10.0 Å². The van der Waals surface area contributed by atoms with E-state index in [9.17, 15) is 8.42 Å². The molecule has 3 rings (SSSR count). The molecule has 1 aliphatic heterocycles. The van der Waals surface area contributed by atoms with Crippen molar-refractivity contribution < 1.29 is 8.42 Å². The number of hydrogen-bond donors (Lipinski definition) is 1. The molecule has 1 fully saturated rings. The molecule has 1 aromatic heterocycles. The van der Waals surface area contributed by atoms with Crippen LogP contribution in [0.4, 0.5) is 11.4 Å². The number of nitrogens with one attached hydrogen (secondary N) is 1. The number of anilines is 2. The molecule has 0 amide bonds. The van der Waals surface area contributed by atoms with Crippen LogP contribution in [0.3, 0.4) is 0 Å². The average Bonchev–Trinajstić information content (AvgIpc) is 3.03. The van der Waals surface area contributed by atoms with Crippen LogP contribution in [0.5, 0.6) is 0 Å². The Morgan fingerprint density at radius 2 is 1.76 bits per heavy atom. The summed E-state index contributed by atoms with van der Waals surface area (Å²) < 4.78 is 30.5. The summed E-state index contributed by atoms with van der Waals surface area (Å²) in [5.74, 6) is 0. The minimum atomic E-state index is -3.62. The van der Waals surface area contributed by atoms with E-state index in [4.69, 9.17) is 0 Å². The molecule has 1 N–H and O–H groups in total. The zero-order chi connectivity index (χ0) is 21.4. The highest BCUT2D eigenvalue weighted by Crippen LogP contribution is 2.40. The third-order valence-corrected chi connectivity index (χ3v) is 9.33. The molecule has 0 spiro atoms. The summed E-state index contributed by atoms with van der Waals surface area (Å²) in [5, 5.41) is 0. The van der Waals surface area contributed by atoms with Gasteiger partial charge in [0.1, 0.15) is 4.21 Å². The fourth-order valence-corrected chi connectivity index (χ4v) is 7.69. The van der Waals surface area contributed by atoms with E-state index >= 15 is 0 Å². The third-order valence-electron chi connectivity index (χ3n) is 5.14. The summed E-state index contributed by atoms with van der Waals surface area (Å²) >= 11 is 3.02. The standard InChI is InChI=1S/C22H32N2O2S3/c1-16-8-7-9-17(20(16)24-14-12-22(5,6)13-15-24)23-29(25,26)19-11-10-18(27-19)28-21(2,3)4/h7-11,23H,12-15H2,1-6H3. The van der Waals surface area contributed by atoms with Gasteiger partial charge in [-0.1, -0.05) is 46.8 Å². The van der Waals surface area contributed by atoms with Crippen molar-refractivity contribution in [2.75, 3.05) is 22.7 Å². The van der Waals surface area contributed by atoms with E-state index in [2.05, 4.69) is 57.2 Å². The first-order valence-corrected chi connectivity index (χ1v) is 13.1. The van der Waals surface area contributed by atoms with E-state index in [1.165, 1.54) is 11.3 Å². The zero-order valence-electron chi connectivity index (χ0n) is 18.2. The summed E-state index contributed by atoms with van der Waals surface area (Å²) in [6.07, 6.45) is 2.21. The number of rotatable bonds is 5. The Labute approximate surface area is 184 Å². The van der Waals surface area contributed by atoms with E-state index in [0.717, 1.165) is 41.4 Å². The van der Waals surface area contributed by atoms with Crippen molar-refractivity contribution in [2.24, 2.45) is 5.41 Å². The fraction of sp³-hybridized carbons (Fsp3) is 0.545. The number of aryl methyl sites for hydroxylation is 1. The number of sulfonamides is 1. The Hall–Kier alpha value is -1.18. The minimum Gasteiger partial charge on any atom is -0.370 e. The minimum absolute atomic E-state index is 0.0467. The molecule has 29 heavy (non-hydrogen) atoms. The molecule has 1 aromatic carbocycles. The van der Waals surface area contributed by atoms with Gasteiger partial charge in [-0.15, -0.1) is 23.1 Å². The predicted octanol–water partition coefficient (Wildman–Crippen LogP) is 6.37. The van der Waals surface area contributed by atoms with Crippen molar-refractivity contribution in [1.29, 1.82) is 0 Å². The lowest BCUT2D eigenvalue weighted by atomic mass is 9.82. The highest BCUT2D eigenvalue weighted by atomic mass is 32.3. The summed E-state index contributed by atoms with van der Waals surface area (Å²) in [6, 6.07) is 9.45. The number of thiophene rings is 1. The maximum absolute atomic E-state index is 13.1. The molecule has 0 saturated carbocycles. The molecule has 0 aliphatic carbocycles. The number of benzene rings is 1. The largest absolute Gasteiger partial charge is 0.370 e. The van der Waals surface area contributed by atoms with Gasteiger partial charge >= 0.3 is 0 Å². The molecule has 2 aromatic rings. The quantitative estimate of drug-likeness (QED) is 0.535. The topological polar surface area (TPSA) is 49.4 Å². The number of nitrogens with zero attached hydrogens (tertiary/aromatic N) is 1. The van der Waals surface area contributed by atoms with Crippen molar-refractivity contribution in [1.82, 2.24) is 0 Å². The van der Waals surface area contributed by atoms with Crippen molar-refractivity contribution in [3.05, 3.63) is 35.9 Å². The average molecular weight is 453 g/mol. The van der Waals surface area contributed by atoms with Crippen LogP contribution in [0.2, 0.25) is 0 Å². The van der Waals surface area contributed by atoms with Gasteiger partial charge in [-0.2, -0.15) is 0 Å². The van der Waals surface area contributed by atoms with E-state index in [0.29, 0.717) is 15.3 Å². The number of hydrogen-bond acceptors (Lipinski definition) is 5. The second-order valence-corrected chi connectivity index (χ2v) is 14.6. The van der Waals surface area contributed by atoms with Crippen molar-refractivity contribution >= 4 is 44.5 Å². The maximum atomic E-state index is 13.1. The third kappa shape index (κ3) is 5.70. The first-order valence-electron chi connectivity index (χ1n) is 10.0. The lowest BCUT2D eigenvalue weighted by Gasteiger charge is -2.39. The van der Waals surface area contributed by atoms with Crippen LogP contribution >= 0.6 is 23.1 Å². The normalized spacial score (nSPS) is 17.4. The molecule has 1 aliphatic rings. The summed E-state index contributed by atoms with van der Waals surface area (Å²) in [7, 11) is -3.62. The second kappa shape index (κ2) is 8.16. The van der Waals surface area contributed by atoms with Crippen LogP contribution in [0, 0.1) is 12.3 Å². The maximum Gasteiger partial charge on any atom is 0.271 e. The number of para-hydroxylation sites is 1. The van der Waals surface area contributed by atoms with Crippen molar-refractivity contribution in [3.8, 4) is 0 Å². The zero-order valence-corrected chi connectivity index (χ0v) is 20.7. The number of piperidine rings is 1. The highest BCUT2D eigenvalue weighted by molar-refractivity contribution is 8.03. The van der Waals surface area contributed by atoms with Gasteiger partial charge < -0.3 is 4.90 Å². The monoisotopic (exact) mass is 452 g/mol. The Balaban J connectivity index is 1.86. The fourth-order valence-electron chi connectivity index (χ4n) is 3.50. The van der Waals surface area contributed by atoms with Crippen LogP contribution in [0.25, 0.3) is 0 Å². The van der Waals surface area contributed by atoms with Crippen molar-refractivity contribution in [3.63, 3.8) is 0 Å². The molecule has 160 valence electrons. The molecule has 0 bridgehead atoms. The molecule has 2 heterocycles. The molecule has 4 nitrogen and oxygen atoms in total. The van der Waals surface area contributed by atoms with Gasteiger partial charge in [0.2, 0.25) is 0 Å². The van der Waals surface area contributed by atoms with Crippen LogP contribution in [-0.4, -0.2) is 26.3 Å². The number of thioether (sulfide) groups is 1. The van der Waals surface area contributed by atoms with Gasteiger partial charge in [-0.3, -0.25) is 4.72 Å². The van der Waals surface area contributed by atoms with E-state index in [-0.39, 0.29) is 4.75 Å². The predicted molar refractivity (Wildman–Crippen MR) is 127 cm³/mol. The Morgan fingerprint density at radius 3 is 2.38 bits per heavy atom. The second-order valence-electron chi connectivity index (χ2n) is 9.52. The molecular weight excluding hydrogens is 420 g/mol. The van der Waals surface area contributed by atoms with Gasteiger partial charge in [0.15, 0.2) is 0 Å². The van der Waals surface area contributed by atoms with E-state index in [1.807, 2.05) is 18.2 Å². The van der Waals surface area contributed by atoms with Gasteiger partial charge in [0.25, 0.3) is 10.0 Å². The first kappa shape index (κ1) is 22.5. The summed E-state index contributed by atoms with van der Waals surface area (Å²) in [4.78, 5) is 2.33. The van der Waals surface area contributed by atoms with Crippen LogP contribution < -0.4 is 9.62 Å². The van der Waals surface area contributed by atoms with Gasteiger partial charge in [0, 0.05) is 17.8 Å². The molecule has 1 saturated heterocycles. The SMILES string of the molecule is Cc1cccc(NS(=O)(=O)c2ccc(SC(C)(C)C)s2)c1N1CCC(C)(C)CC1. The van der Waals surface area contributed by atoms with E-state index < -0.39 is 10.0 Å². The lowest BCUT2D eigenvalue weighted by molar-refractivity contribution is 0.280. The molecule has 7 heteroatoms. The molecule has 0 atom stereocenters. The molecular formula is C22H32N2O2S3. The highest BCUT2D eigenvalue weighted by Gasteiger charge is 2.28. The van der Waals surface area contributed by atoms with Gasteiger partial charge in [-0.25, -0.2) is 8.42 Å². The molecule has 0 unspecified atom stereocenters. The summed E-state index contributed by atoms with van der Waals surface area (Å²) in [5.41, 5.74) is 3.12. The summed E-state index contributed by atoms with van der Waals surface area (Å²) in [6.45, 7) is 14.9. The Bertz CT molecular complexity index is 962. The van der Waals surface area contributed by atoms with E-state index in [1.54, 1.807) is 17.8 Å². The van der Waals surface area contributed by atoms with Crippen LogP contribution in [0.15, 0.2) is 38.8 Å². The Morgan fingerprint density at radius 1 is 1.10 bits per heavy atom. The van der Waals surface area contributed by atoms with Gasteiger partial charge in [0.05, 0.1) is 15.6 Å². The van der Waals surface area contributed by atoms with Crippen LogP contribution in [0.1, 0.15) is 53.0 Å². The van der Waals surface area contributed by atoms with Gasteiger partial charge in [-0.05, 0) is 48.9 Å². The smallest absolute Gasteiger partial charge is 0.271 e. The lowest BCUT2D eigenvalue weighted by Crippen LogP contribution is -2.38. The van der Waals surface area contributed by atoms with Crippen molar-refractivity contribution in [2.45, 2.75) is 67.5 Å². The first-order chi connectivity index (χ1) is 13.4. The Kier molecular flexibility index (Phi) is 6.33. The molecule has 0 radical (unpaired) electrons.